The number of benzene rings is 1. The molecule has 2 aromatic rings. The Balaban J connectivity index is 2.33. The van der Waals surface area contributed by atoms with E-state index in [1.54, 1.807) is 10.4 Å². The molecule has 0 spiro atoms. The highest BCUT2D eigenvalue weighted by Gasteiger charge is 2.39. The number of fused-ring (bicyclic) bond motifs is 3. The largest absolute Gasteiger partial charge is 0.312 e. The van der Waals surface area contributed by atoms with Crippen molar-refractivity contribution in [3.8, 4) is 0 Å². The van der Waals surface area contributed by atoms with Crippen LogP contribution in [0, 0.1) is 0 Å². The molecule has 0 saturated heterocycles. The molecule has 1 aromatic carbocycles. The van der Waals surface area contributed by atoms with Crippen LogP contribution in [0.5, 0.6) is 0 Å². The minimum absolute atomic E-state index is 0.308. The van der Waals surface area contributed by atoms with Gasteiger partial charge in [-0.1, -0.05) is 32.0 Å². The summed E-state index contributed by atoms with van der Waals surface area (Å²) in [6.07, 6.45) is 1.22. The molecule has 0 bridgehead atoms. The second kappa shape index (κ2) is 3.31. The quantitative estimate of drug-likeness (QED) is 0.786. The molecule has 0 aliphatic heterocycles. The van der Waals surface area contributed by atoms with E-state index in [9.17, 15) is 0 Å². The number of hydrogen-bond acceptors (Lipinski definition) is 2. The van der Waals surface area contributed by atoms with Crippen LogP contribution >= 0.6 is 11.3 Å². The Labute approximate surface area is 100 Å². The first-order valence-corrected chi connectivity index (χ1v) is 6.64. The van der Waals surface area contributed by atoms with Gasteiger partial charge in [-0.3, -0.25) is 0 Å². The van der Waals surface area contributed by atoms with E-state index >= 15 is 0 Å². The monoisotopic (exact) mass is 231 g/mol. The molecule has 3 rings (SSSR count). The van der Waals surface area contributed by atoms with Gasteiger partial charge >= 0.3 is 0 Å². The Morgan fingerprint density at radius 3 is 2.81 bits per heavy atom. The van der Waals surface area contributed by atoms with Crippen LogP contribution in [0.4, 0.5) is 0 Å². The predicted octanol–water partition coefficient (Wildman–Crippen LogP) is 3.84. The van der Waals surface area contributed by atoms with Gasteiger partial charge in [-0.05, 0) is 35.9 Å². The smallest absolute Gasteiger partial charge is 0.0424 e. The number of hydrogen-bond donors (Lipinski definition) is 1. The zero-order chi connectivity index (χ0) is 11.3. The van der Waals surface area contributed by atoms with Crippen molar-refractivity contribution in [2.24, 2.45) is 0 Å². The highest BCUT2D eigenvalue weighted by Crippen LogP contribution is 2.51. The van der Waals surface area contributed by atoms with Crippen LogP contribution in [-0.2, 0) is 5.41 Å². The standard InChI is InChI=1S/C14H17NS/c1-14(2)8-10(15-3)13-12(14)9-6-4-5-7-11(9)16-13/h4-7,10,15H,8H2,1-3H3. The normalized spacial score (nSPS) is 22.6. The van der Waals surface area contributed by atoms with Crippen LogP contribution in [0.1, 0.15) is 36.8 Å². The molecule has 1 heterocycles. The summed E-state index contributed by atoms with van der Waals surface area (Å²) in [7, 11) is 2.07. The molecular weight excluding hydrogens is 214 g/mol. The summed E-state index contributed by atoms with van der Waals surface area (Å²) in [5.41, 5.74) is 1.88. The first-order valence-electron chi connectivity index (χ1n) is 5.82. The molecule has 0 saturated carbocycles. The topological polar surface area (TPSA) is 12.0 Å². The molecule has 1 atom stereocenters. The maximum absolute atomic E-state index is 3.45. The van der Waals surface area contributed by atoms with E-state index in [0.29, 0.717) is 11.5 Å². The fraction of sp³-hybridized carbons (Fsp3) is 0.429. The highest BCUT2D eigenvalue weighted by molar-refractivity contribution is 7.19. The lowest BCUT2D eigenvalue weighted by molar-refractivity contribution is 0.449. The van der Waals surface area contributed by atoms with Gasteiger partial charge in [-0.2, -0.15) is 0 Å². The first-order chi connectivity index (χ1) is 7.63. The Kier molecular flexibility index (Phi) is 2.13. The molecular formula is C14H17NS. The number of rotatable bonds is 1. The molecule has 1 aliphatic rings. The van der Waals surface area contributed by atoms with Crippen LogP contribution in [-0.4, -0.2) is 7.05 Å². The molecule has 0 fully saturated rings. The van der Waals surface area contributed by atoms with E-state index in [1.165, 1.54) is 16.5 Å². The van der Waals surface area contributed by atoms with E-state index in [-0.39, 0.29) is 0 Å². The van der Waals surface area contributed by atoms with Crippen molar-refractivity contribution in [1.82, 2.24) is 5.32 Å². The van der Waals surface area contributed by atoms with Gasteiger partial charge in [0, 0.05) is 15.6 Å². The van der Waals surface area contributed by atoms with Crippen molar-refractivity contribution in [2.45, 2.75) is 31.7 Å². The second-order valence-corrected chi connectivity index (χ2v) is 6.35. The maximum Gasteiger partial charge on any atom is 0.0424 e. The van der Waals surface area contributed by atoms with E-state index in [4.69, 9.17) is 0 Å². The third kappa shape index (κ3) is 1.26. The van der Waals surface area contributed by atoms with Gasteiger partial charge < -0.3 is 5.32 Å². The molecule has 1 aliphatic carbocycles. The van der Waals surface area contributed by atoms with Gasteiger partial charge in [0.2, 0.25) is 0 Å². The SMILES string of the molecule is CNC1CC(C)(C)c2c1sc1ccccc21. The van der Waals surface area contributed by atoms with Crippen molar-refractivity contribution < 1.29 is 0 Å². The average Bonchev–Trinajstić information content (AvgIpc) is 2.75. The Bertz CT molecular complexity index is 539. The fourth-order valence-corrected chi connectivity index (χ4v) is 4.44. The van der Waals surface area contributed by atoms with Crippen LogP contribution in [0.3, 0.4) is 0 Å². The molecule has 1 unspecified atom stereocenters. The second-order valence-electron chi connectivity index (χ2n) is 5.27. The van der Waals surface area contributed by atoms with Gasteiger partial charge in [0.05, 0.1) is 0 Å². The lowest BCUT2D eigenvalue weighted by Gasteiger charge is -2.19. The van der Waals surface area contributed by atoms with Crippen molar-refractivity contribution in [3.05, 3.63) is 34.7 Å². The van der Waals surface area contributed by atoms with Crippen LogP contribution in [0.2, 0.25) is 0 Å². The average molecular weight is 231 g/mol. The summed E-state index contributed by atoms with van der Waals surface area (Å²) in [5.74, 6) is 0. The molecule has 84 valence electrons. The van der Waals surface area contributed by atoms with Crippen LogP contribution in [0.25, 0.3) is 10.1 Å². The van der Waals surface area contributed by atoms with Crippen molar-refractivity contribution in [3.63, 3.8) is 0 Å². The highest BCUT2D eigenvalue weighted by atomic mass is 32.1. The van der Waals surface area contributed by atoms with Crippen LogP contribution in [0.15, 0.2) is 24.3 Å². The molecule has 0 radical (unpaired) electrons. The third-order valence-electron chi connectivity index (χ3n) is 3.68. The van der Waals surface area contributed by atoms with Gasteiger partial charge in [-0.25, -0.2) is 0 Å². The summed E-state index contributed by atoms with van der Waals surface area (Å²) >= 11 is 1.96. The minimum Gasteiger partial charge on any atom is -0.312 e. The Morgan fingerprint density at radius 2 is 2.06 bits per heavy atom. The molecule has 1 nitrogen and oxygen atoms in total. The molecule has 2 heteroatoms. The van der Waals surface area contributed by atoms with E-state index in [2.05, 4.69) is 50.5 Å². The van der Waals surface area contributed by atoms with Gasteiger partial charge in [-0.15, -0.1) is 11.3 Å². The summed E-state index contributed by atoms with van der Waals surface area (Å²) in [4.78, 5) is 1.55. The third-order valence-corrected chi connectivity index (χ3v) is 4.96. The fourth-order valence-electron chi connectivity index (χ4n) is 2.95. The summed E-state index contributed by atoms with van der Waals surface area (Å²) in [6, 6.07) is 9.33. The minimum atomic E-state index is 0.308. The van der Waals surface area contributed by atoms with Gasteiger partial charge in [0.1, 0.15) is 0 Å². The van der Waals surface area contributed by atoms with E-state index in [1.807, 2.05) is 11.3 Å². The zero-order valence-electron chi connectivity index (χ0n) is 10.0. The number of thiophene rings is 1. The molecule has 16 heavy (non-hydrogen) atoms. The van der Waals surface area contributed by atoms with Crippen molar-refractivity contribution in [1.29, 1.82) is 0 Å². The first kappa shape index (κ1) is 10.3. The molecule has 0 amide bonds. The van der Waals surface area contributed by atoms with Crippen LogP contribution < -0.4 is 5.32 Å². The lowest BCUT2D eigenvalue weighted by atomic mass is 9.85. The summed E-state index contributed by atoms with van der Waals surface area (Å²) in [6.45, 7) is 4.73. The van der Waals surface area contributed by atoms with Gasteiger partial charge in [0.25, 0.3) is 0 Å². The van der Waals surface area contributed by atoms with E-state index in [0.717, 1.165) is 0 Å². The Morgan fingerprint density at radius 1 is 1.31 bits per heavy atom. The van der Waals surface area contributed by atoms with E-state index < -0.39 is 0 Å². The zero-order valence-corrected chi connectivity index (χ0v) is 10.8. The molecule has 1 N–H and O–H groups in total. The summed E-state index contributed by atoms with van der Waals surface area (Å²) in [5, 5.41) is 4.91. The predicted molar refractivity (Wildman–Crippen MR) is 71.3 cm³/mol. The number of nitrogens with one attached hydrogen (secondary N) is 1. The van der Waals surface area contributed by atoms with Crippen molar-refractivity contribution in [2.75, 3.05) is 7.05 Å². The lowest BCUT2D eigenvalue weighted by Crippen LogP contribution is -2.17. The Hall–Kier alpha value is -0.860. The summed E-state index contributed by atoms with van der Waals surface area (Å²) < 4.78 is 1.43. The van der Waals surface area contributed by atoms with Gasteiger partial charge in [0.15, 0.2) is 0 Å². The van der Waals surface area contributed by atoms with Crippen molar-refractivity contribution >= 4 is 21.4 Å². The molecule has 1 aromatic heterocycles. The maximum atomic E-state index is 3.45.